The molecule has 6 N–H and O–H groups in total. The minimum atomic E-state index is -0.416. The van der Waals surface area contributed by atoms with Gasteiger partial charge < -0.3 is 16.5 Å². The van der Waals surface area contributed by atoms with Crippen LogP contribution in [-0.4, -0.2) is 17.4 Å². The monoisotopic (exact) mass is 315 g/mol. The van der Waals surface area contributed by atoms with Crippen LogP contribution >= 0.6 is 11.3 Å². The molecule has 3 rings (SSSR count). The van der Waals surface area contributed by atoms with Gasteiger partial charge in [-0.2, -0.15) is 0 Å². The van der Waals surface area contributed by atoms with E-state index in [2.05, 4.69) is 22.7 Å². The maximum atomic E-state index is 11.7. The van der Waals surface area contributed by atoms with Gasteiger partial charge in [0.2, 0.25) is 0 Å². The van der Waals surface area contributed by atoms with Gasteiger partial charge in [-0.05, 0) is 30.7 Å². The van der Waals surface area contributed by atoms with Crippen molar-refractivity contribution in [1.29, 1.82) is 0 Å². The van der Waals surface area contributed by atoms with E-state index in [0.29, 0.717) is 10.7 Å². The minimum absolute atomic E-state index is 0.416. The Hall–Kier alpha value is -2.38. The lowest BCUT2D eigenvalue weighted by Gasteiger charge is -2.08. The van der Waals surface area contributed by atoms with Gasteiger partial charge in [0.25, 0.3) is 5.91 Å². The molecule has 0 unspecified atom stereocenters. The third kappa shape index (κ3) is 2.34. The van der Waals surface area contributed by atoms with Crippen LogP contribution in [0.5, 0.6) is 0 Å². The smallest absolute Gasteiger partial charge is 0.260 e. The molecule has 0 aliphatic heterocycles. The van der Waals surface area contributed by atoms with Crippen LogP contribution in [-0.2, 0) is 0 Å². The fraction of sp³-hybridized carbons (Fsp3) is 0.200. The molecule has 1 amide bonds. The van der Waals surface area contributed by atoms with E-state index in [1.54, 1.807) is 0 Å². The highest BCUT2D eigenvalue weighted by Gasteiger charge is 2.18. The number of nitrogens with one attached hydrogen (secondary N) is 2. The van der Waals surface area contributed by atoms with E-state index in [4.69, 9.17) is 11.6 Å². The molecular formula is C15H17N5OS. The molecule has 0 spiro atoms. The zero-order chi connectivity index (χ0) is 15.7. The predicted molar refractivity (Wildman–Crippen MR) is 92.2 cm³/mol. The van der Waals surface area contributed by atoms with Crippen LogP contribution in [0.3, 0.4) is 0 Å². The number of benzene rings is 1. The summed E-state index contributed by atoms with van der Waals surface area (Å²) in [5.41, 5.74) is 9.69. The van der Waals surface area contributed by atoms with Crippen LogP contribution < -0.4 is 22.3 Å². The average Bonchev–Trinajstić information content (AvgIpc) is 2.91. The lowest BCUT2D eigenvalue weighted by Crippen LogP contribution is -2.12. The number of rotatable bonds is 5. The zero-order valence-corrected chi connectivity index (χ0v) is 13.0. The number of pyridine rings is 1. The summed E-state index contributed by atoms with van der Waals surface area (Å²) >= 11 is 1.40. The van der Waals surface area contributed by atoms with E-state index >= 15 is 0 Å². The zero-order valence-electron chi connectivity index (χ0n) is 12.1. The first-order chi connectivity index (χ1) is 10.7. The lowest BCUT2D eigenvalue weighted by atomic mass is 10.1. The third-order valence-electron chi connectivity index (χ3n) is 3.45. The Labute approximate surface area is 131 Å². The number of primary amides is 1. The van der Waals surface area contributed by atoms with Crippen LogP contribution in [0.4, 0.5) is 11.5 Å². The minimum Gasteiger partial charge on any atom is -0.383 e. The van der Waals surface area contributed by atoms with Gasteiger partial charge in [-0.15, -0.1) is 11.3 Å². The van der Waals surface area contributed by atoms with Gasteiger partial charge in [0.15, 0.2) is 0 Å². The SMILES string of the molecule is CCCNc1c(C(N)=O)sc2ccc3nc(NN)ccc3c12. The van der Waals surface area contributed by atoms with Crippen LogP contribution in [0.2, 0.25) is 0 Å². The molecule has 1 aromatic carbocycles. The highest BCUT2D eigenvalue weighted by atomic mass is 32.1. The van der Waals surface area contributed by atoms with Crippen molar-refractivity contribution < 1.29 is 4.79 Å². The molecule has 7 heteroatoms. The third-order valence-corrected chi connectivity index (χ3v) is 4.62. The van der Waals surface area contributed by atoms with Crippen molar-refractivity contribution >= 4 is 49.7 Å². The number of amides is 1. The number of hydrogen-bond donors (Lipinski definition) is 4. The molecule has 0 radical (unpaired) electrons. The van der Waals surface area contributed by atoms with E-state index < -0.39 is 5.91 Å². The highest BCUT2D eigenvalue weighted by molar-refractivity contribution is 7.21. The number of fused-ring (bicyclic) bond motifs is 3. The first-order valence-electron chi connectivity index (χ1n) is 7.02. The fourth-order valence-corrected chi connectivity index (χ4v) is 3.52. The number of anilines is 2. The Bertz CT molecular complexity index is 858. The molecule has 2 aromatic heterocycles. The van der Waals surface area contributed by atoms with E-state index in [1.165, 1.54) is 11.3 Å². The molecule has 2 heterocycles. The molecule has 0 atom stereocenters. The molecular weight excluding hydrogens is 298 g/mol. The number of hydrazine groups is 1. The summed E-state index contributed by atoms with van der Waals surface area (Å²) in [5.74, 6) is 5.59. The molecule has 0 aliphatic rings. The van der Waals surface area contributed by atoms with Crippen molar-refractivity contribution in [2.24, 2.45) is 11.6 Å². The summed E-state index contributed by atoms with van der Waals surface area (Å²) < 4.78 is 1.01. The summed E-state index contributed by atoms with van der Waals surface area (Å²) in [6.07, 6.45) is 0.958. The molecule has 6 nitrogen and oxygen atoms in total. The number of carbonyl (C=O) groups excluding carboxylic acids is 1. The highest BCUT2D eigenvalue weighted by Crippen LogP contribution is 2.40. The van der Waals surface area contributed by atoms with Crippen LogP contribution in [0, 0.1) is 0 Å². The second kappa shape index (κ2) is 5.78. The van der Waals surface area contributed by atoms with Gasteiger partial charge >= 0.3 is 0 Å². The number of carbonyl (C=O) groups is 1. The number of nitrogen functional groups attached to an aromatic ring is 1. The summed E-state index contributed by atoms with van der Waals surface area (Å²) in [7, 11) is 0. The van der Waals surface area contributed by atoms with Crippen molar-refractivity contribution in [3.8, 4) is 0 Å². The predicted octanol–water partition coefficient (Wildman–Crippen LogP) is 2.66. The standard InChI is InChI=1S/C15H17N5OS/c1-2-7-18-13-12-8-3-6-11(20-17)19-9(8)4-5-10(12)22-14(13)15(16)21/h3-6,18H,2,7,17H2,1H3,(H2,16,21)(H,19,20). The Morgan fingerprint density at radius 3 is 2.82 bits per heavy atom. The quantitative estimate of drug-likeness (QED) is 0.428. The van der Waals surface area contributed by atoms with Crippen LogP contribution in [0.1, 0.15) is 23.0 Å². The molecule has 0 bridgehead atoms. The second-order valence-corrected chi connectivity index (χ2v) is 6.00. The van der Waals surface area contributed by atoms with Crippen molar-refractivity contribution in [3.63, 3.8) is 0 Å². The molecule has 0 saturated carbocycles. The number of nitrogens with zero attached hydrogens (tertiary/aromatic N) is 1. The van der Waals surface area contributed by atoms with E-state index in [0.717, 1.165) is 39.6 Å². The maximum Gasteiger partial charge on any atom is 0.260 e. The summed E-state index contributed by atoms with van der Waals surface area (Å²) in [6, 6.07) is 7.64. The number of nitrogens with two attached hydrogens (primary N) is 2. The second-order valence-electron chi connectivity index (χ2n) is 4.94. The Kier molecular flexibility index (Phi) is 3.82. The Balaban J connectivity index is 2.32. The van der Waals surface area contributed by atoms with Gasteiger partial charge in [0, 0.05) is 22.0 Å². The fourth-order valence-electron chi connectivity index (χ4n) is 2.47. The van der Waals surface area contributed by atoms with E-state index in [-0.39, 0.29) is 0 Å². The van der Waals surface area contributed by atoms with Gasteiger partial charge in [-0.3, -0.25) is 4.79 Å². The summed E-state index contributed by atoms with van der Waals surface area (Å²) in [4.78, 5) is 16.7. The number of thiophene rings is 1. The molecule has 114 valence electrons. The van der Waals surface area contributed by atoms with Gasteiger partial charge in [-0.1, -0.05) is 6.92 Å². The van der Waals surface area contributed by atoms with E-state index in [9.17, 15) is 4.79 Å². The largest absolute Gasteiger partial charge is 0.383 e. The number of hydrogen-bond acceptors (Lipinski definition) is 6. The van der Waals surface area contributed by atoms with Crippen molar-refractivity contribution in [1.82, 2.24) is 4.98 Å². The Morgan fingerprint density at radius 1 is 1.32 bits per heavy atom. The molecule has 3 aromatic rings. The topological polar surface area (TPSA) is 106 Å². The van der Waals surface area contributed by atoms with Crippen molar-refractivity contribution in [2.45, 2.75) is 13.3 Å². The molecule has 0 saturated heterocycles. The number of aromatic nitrogens is 1. The summed E-state index contributed by atoms with van der Waals surface area (Å²) in [6.45, 7) is 2.85. The molecule has 22 heavy (non-hydrogen) atoms. The van der Waals surface area contributed by atoms with E-state index in [1.807, 2.05) is 24.3 Å². The Morgan fingerprint density at radius 2 is 2.14 bits per heavy atom. The maximum absolute atomic E-state index is 11.7. The van der Waals surface area contributed by atoms with Crippen molar-refractivity contribution in [3.05, 3.63) is 29.1 Å². The van der Waals surface area contributed by atoms with Gasteiger partial charge in [0.05, 0.1) is 11.2 Å². The van der Waals surface area contributed by atoms with Gasteiger partial charge in [0.1, 0.15) is 10.7 Å². The van der Waals surface area contributed by atoms with Crippen molar-refractivity contribution in [2.75, 3.05) is 17.3 Å². The molecule has 0 fully saturated rings. The first-order valence-corrected chi connectivity index (χ1v) is 7.84. The molecule has 0 aliphatic carbocycles. The normalized spacial score (nSPS) is 11.0. The van der Waals surface area contributed by atoms with Gasteiger partial charge in [-0.25, -0.2) is 10.8 Å². The lowest BCUT2D eigenvalue weighted by molar-refractivity contribution is 0.100. The van der Waals surface area contributed by atoms with Crippen LogP contribution in [0.15, 0.2) is 24.3 Å². The van der Waals surface area contributed by atoms with Crippen LogP contribution in [0.25, 0.3) is 21.0 Å². The first kappa shape index (κ1) is 14.6. The average molecular weight is 315 g/mol. The summed E-state index contributed by atoms with van der Waals surface area (Å²) in [5, 5.41) is 5.29.